The number of furan rings is 1. The molecule has 4 bridgehead atoms. The van der Waals surface area contributed by atoms with E-state index in [4.69, 9.17) is 4.42 Å². The fraction of sp³-hybridized carbons (Fsp3) is 0.737. The van der Waals surface area contributed by atoms with Gasteiger partial charge in [0.25, 0.3) is 0 Å². The highest BCUT2D eigenvalue weighted by Gasteiger charge is 2.60. The van der Waals surface area contributed by atoms with Gasteiger partial charge in [-0.3, -0.25) is 4.79 Å². The second kappa shape index (κ2) is 4.24. The van der Waals surface area contributed by atoms with Gasteiger partial charge in [0.05, 0.1) is 12.5 Å². The largest absolute Gasteiger partial charge is 0.472 e. The van der Waals surface area contributed by atoms with E-state index in [1.807, 2.05) is 6.07 Å². The van der Waals surface area contributed by atoms with Crippen LogP contribution in [0.25, 0.3) is 0 Å². The lowest BCUT2D eigenvalue weighted by Crippen LogP contribution is -2.55. The lowest BCUT2D eigenvalue weighted by molar-refractivity contribution is -0.154. The van der Waals surface area contributed by atoms with Gasteiger partial charge in [-0.05, 0) is 72.3 Å². The molecule has 0 amide bonds. The SMILES string of the molecule is CC12CC3CC(C)(C1)CC(CC(=O)Cc1ccoc1)(C3)C2. The van der Waals surface area contributed by atoms with Crippen LogP contribution in [0.2, 0.25) is 0 Å². The summed E-state index contributed by atoms with van der Waals surface area (Å²) in [5.41, 5.74) is 2.35. The first-order valence-electron chi connectivity index (χ1n) is 8.41. The van der Waals surface area contributed by atoms with Gasteiger partial charge in [-0.15, -0.1) is 0 Å². The van der Waals surface area contributed by atoms with Gasteiger partial charge < -0.3 is 4.42 Å². The van der Waals surface area contributed by atoms with E-state index in [1.54, 1.807) is 12.5 Å². The molecule has 4 fully saturated rings. The first kappa shape index (κ1) is 13.6. The molecular formula is C19H26O2. The summed E-state index contributed by atoms with van der Waals surface area (Å²) in [6, 6.07) is 1.92. The van der Waals surface area contributed by atoms with Crippen LogP contribution in [-0.2, 0) is 11.2 Å². The number of carbonyl (C=O) groups excluding carboxylic acids is 1. The van der Waals surface area contributed by atoms with Crippen LogP contribution in [0.5, 0.6) is 0 Å². The second-order valence-electron chi connectivity index (χ2n) is 9.15. The van der Waals surface area contributed by atoms with Gasteiger partial charge >= 0.3 is 0 Å². The zero-order chi connectivity index (χ0) is 14.7. The van der Waals surface area contributed by atoms with Crippen molar-refractivity contribution in [3.8, 4) is 0 Å². The van der Waals surface area contributed by atoms with Crippen molar-refractivity contribution in [3.63, 3.8) is 0 Å². The summed E-state index contributed by atoms with van der Waals surface area (Å²) in [6.07, 6.45) is 12.8. The summed E-state index contributed by atoms with van der Waals surface area (Å²) in [5.74, 6) is 1.28. The van der Waals surface area contributed by atoms with Gasteiger partial charge in [0.1, 0.15) is 5.78 Å². The Morgan fingerprint density at radius 3 is 2.48 bits per heavy atom. The molecule has 4 aliphatic rings. The van der Waals surface area contributed by atoms with Crippen LogP contribution in [-0.4, -0.2) is 5.78 Å². The minimum atomic E-state index is 0.309. The van der Waals surface area contributed by atoms with Crippen molar-refractivity contribution >= 4 is 5.78 Å². The molecule has 1 aromatic heterocycles. The average Bonchev–Trinajstić information content (AvgIpc) is 2.74. The zero-order valence-corrected chi connectivity index (χ0v) is 13.3. The lowest BCUT2D eigenvalue weighted by Gasteiger charge is -2.65. The topological polar surface area (TPSA) is 30.2 Å². The van der Waals surface area contributed by atoms with E-state index in [9.17, 15) is 4.79 Å². The molecule has 0 aliphatic heterocycles. The molecule has 21 heavy (non-hydrogen) atoms. The second-order valence-corrected chi connectivity index (χ2v) is 9.15. The van der Waals surface area contributed by atoms with E-state index in [0.29, 0.717) is 28.4 Å². The summed E-state index contributed by atoms with van der Waals surface area (Å²) >= 11 is 0. The number of hydrogen-bond donors (Lipinski definition) is 0. The Labute approximate surface area is 127 Å². The number of ketones is 1. The normalized spacial score (nSPS) is 44.2. The van der Waals surface area contributed by atoms with Crippen molar-refractivity contribution in [2.45, 2.75) is 65.2 Å². The predicted octanol–water partition coefficient (Wildman–Crippen LogP) is 4.78. The van der Waals surface area contributed by atoms with E-state index < -0.39 is 0 Å². The molecule has 2 heteroatoms. The highest BCUT2D eigenvalue weighted by Crippen LogP contribution is 2.70. The molecule has 114 valence electrons. The van der Waals surface area contributed by atoms with Crippen molar-refractivity contribution < 1.29 is 9.21 Å². The minimum absolute atomic E-state index is 0.309. The van der Waals surface area contributed by atoms with Crippen LogP contribution < -0.4 is 0 Å². The smallest absolute Gasteiger partial charge is 0.137 e. The molecule has 0 radical (unpaired) electrons. The maximum absolute atomic E-state index is 12.6. The van der Waals surface area contributed by atoms with E-state index in [1.165, 1.54) is 38.5 Å². The standard InChI is InChI=1S/C19H26O2/c1-17-6-15-7-18(2,11-17)13-19(8-15,12-17)9-16(20)5-14-3-4-21-10-14/h3-4,10,15H,5-9,11-13H2,1-2H3. The molecule has 4 aliphatic carbocycles. The average molecular weight is 286 g/mol. The van der Waals surface area contributed by atoms with Crippen molar-refractivity contribution in [1.82, 2.24) is 0 Å². The Morgan fingerprint density at radius 2 is 1.90 bits per heavy atom. The number of carbonyl (C=O) groups is 1. The molecule has 2 unspecified atom stereocenters. The fourth-order valence-electron chi connectivity index (χ4n) is 6.98. The van der Waals surface area contributed by atoms with E-state index in [0.717, 1.165) is 17.9 Å². The molecule has 2 atom stereocenters. The van der Waals surface area contributed by atoms with Crippen LogP contribution in [0, 0.1) is 22.2 Å². The first-order valence-corrected chi connectivity index (χ1v) is 8.41. The van der Waals surface area contributed by atoms with E-state index >= 15 is 0 Å². The summed E-state index contributed by atoms with van der Waals surface area (Å²) in [7, 11) is 0. The molecule has 0 saturated heterocycles. The lowest BCUT2D eigenvalue weighted by atomic mass is 9.39. The van der Waals surface area contributed by atoms with Gasteiger partial charge in [0.15, 0.2) is 0 Å². The minimum Gasteiger partial charge on any atom is -0.472 e. The van der Waals surface area contributed by atoms with Crippen LogP contribution >= 0.6 is 0 Å². The summed E-state index contributed by atoms with van der Waals surface area (Å²) in [6.45, 7) is 4.95. The Balaban J connectivity index is 1.53. The Hall–Kier alpha value is -1.05. The van der Waals surface area contributed by atoms with Gasteiger partial charge in [-0.25, -0.2) is 0 Å². The van der Waals surface area contributed by atoms with Crippen LogP contribution in [0.1, 0.15) is 64.4 Å². The quantitative estimate of drug-likeness (QED) is 0.797. The van der Waals surface area contributed by atoms with Gasteiger partial charge in [0.2, 0.25) is 0 Å². The molecular weight excluding hydrogens is 260 g/mol. The molecule has 1 heterocycles. The predicted molar refractivity (Wildman–Crippen MR) is 81.9 cm³/mol. The van der Waals surface area contributed by atoms with E-state index in [-0.39, 0.29) is 0 Å². The first-order chi connectivity index (χ1) is 9.88. The van der Waals surface area contributed by atoms with Gasteiger partial charge in [-0.2, -0.15) is 0 Å². The monoisotopic (exact) mass is 286 g/mol. The maximum atomic E-state index is 12.6. The van der Waals surface area contributed by atoms with Crippen molar-refractivity contribution in [3.05, 3.63) is 24.2 Å². The molecule has 0 spiro atoms. The molecule has 5 rings (SSSR count). The third-order valence-electron chi connectivity index (χ3n) is 6.30. The Morgan fingerprint density at radius 1 is 1.19 bits per heavy atom. The van der Waals surface area contributed by atoms with Gasteiger partial charge in [0, 0.05) is 12.8 Å². The Bertz CT molecular complexity index is 538. The summed E-state index contributed by atoms with van der Waals surface area (Å²) in [4.78, 5) is 12.6. The third-order valence-corrected chi connectivity index (χ3v) is 6.30. The highest BCUT2D eigenvalue weighted by molar-refractivity contribution is 5.81. The van der Waals surface area contributed by atoms with Crippen LogP contribution in [0.4, 0.5) is 0 Å². The highest BCUT2D eigenvalue weighted by atomic mass is 16.3. The molecule has 0 aromatic carbocycles. The third kappa shape index (κ3) is 2.37. The molecule has 4 saturated carbocycles. The van der Waals surface area contributed by atoms with E-state index in [2.05, 4.69) is 13.8 Å². The van der Waals surface area contributed by atoms with Crippen LogP contribution in [0.15, 0.2) is 23.0 Å². The van der Waals surface area contributed by atoms with Gasteiger partial charge in [-0.1, -0.05) is 13.8 Å². The molecule has 1 aromatic rings. The van der Waals surface area contributed by atoms with Crippen molar-refractivity contribution in [2.24, 2.45) is 22.2 Å². The maximum Gasteiger partial charge on any atom is 0.137 e. The summed E-state index contributed by atoms with van der Waals surface area (Å²) < 4.78 is 5.09. The fourth-order valence-corrected chi connectivity index (χ4v) is 6.98. The summed E-state index contributed by atoms with van der Waals surface area (Å²) in [5, 5.41) is 0. The number of rotatable bonds is 4. The number of hydrogen-bond acceptors (Lipinski definition) is 2. The van der Waals surface area contributed by atoms with Crippen molar-refractivity contribution in [1.29, 1.82) is 0 Å². The van der Waals surface area contributed by atoms with Crippen molar-refractivity contribution in [2.75, 3.05) is 0 Å². The Kier molecular flexibility index (Phi) is 2.75. The number of Topliss-reactive ketones (excluding diaryl/α,β-unsaturated/α-hetero) is 1. The zero-order valence-electron chi connectivity index (χ0n) is 13.3. The molecule has 0 N–H and O–H groups in total. The van der Waals surface area contributed by atoms with Crippen LogP contribution in [0.3, 0.4) is 0 Å². The molecule has 2 nitrogen and oxygen atoms in total.